The van der Waals surface area contributed by atoms with Gasteiger partial charge in [-0.05, 0) is 50.3 Å². The molecule has 3 rings (SSSR count). The Balaban J connectivity index is 1.47. The van der Waals surface area contributed by atoms with Crippen molar-refractivity contribution in [1.82, 2.24) is 15.5 Å². The first-order chi connectivity index (χ1) is 11.6. The Morgan fingerprint density at radius 3 is 2.50 bits per heavy atom. The molecular weight excluding hydrogens is 304 g/mol. The lowest BCUT2D eigenvalue weighted by atomic mass is 9.78. The van der Waals surface area contributed by atoms with Crippen molar-refractivity contribution in [3.63, 3.8) is 0 Å². The van der Waals surface area contributed by atoms with Gasteiger partial charge >= 0.3 is 6.03 Å². The third-order valence-corrected chi connectivity index (χ3v) is 5.22. The number of urea groups is 1. The zero-order chi connectivity index (χ0) is 17.0. The number of rotatable bonds is 3. The summed E-state index contributed by atoms with van der Waals surface area (Å²) in [5.41, 5.74) is 1.10. The first-order valence-electron chi connectivity index (χ1n) is 8.70. The Kier molecular flexibility index (Phi) is 5.04. The number of piperidine rings is 1. The number of nitrogens with one attached hydrogen (secondary N) is 3. The van der Waals surface area contributed by atoms with Gasteiger partial charge in [0.2, 0.25) is 5.91 Å². The topological polar surface area (TPSA) is 73.5 Å². The minimum Gasteiger partial charge on any atom is -0.341 e. The van der Waals surface area contributed by atoms with Crippen LogP contribution in [0.4, 0.5) is 10.5 Å². The minimum atomic E-state index is -0.524. The zero-order valence-corrected chi connectivity index (χ0v) is 14.2. The lowest BCUT2D eigenvalue weighted by Gasteiger charge is -2.39. The molecule has 0 saturated carbocycles. The average molecular weight is 330 g/mol. The average Bonchev–Trinajstić information content (AvgIpc) is 3.04. The molecule has 6 heteroatoms. The number of nitrogens with zero attached hydrogens (tertiary/aromatic N) is 1. The van der Waals surface area contributed by atoms with Crippen molar-refractivity contribution >= 4 is 17.6 Å². The van der Waals surface area contributed by atoms with Crippen molar-refractivity contribution in [2.24, 2.45) is 5.41 Å². The Morgan fingerprint density at radius 2 is 1.88 bits per heavy atom. The molecule has 2 aliphatic rings. The SMILES string of the molecule is CC(NC(=O)Nc1ccccc1)C(=O)N1CCC2(CCNC2)CC1. The number of amides is 3. The van der Waals surface area contributed by atoms with Gasteiger partial charge in [0.1, 0.15) is 6.04 Å². The summed E-state index contributed by atoms with van der Waals surface area (Å²) in [5, 5.41) is 8.90. The Labute approximate surface area is 143 Å². The molecule has 0 aliphatic carbocycles. The second kappa shape index (κ2) is 7.21. The lowest BCUT2D eigenvalue weighted by Crippen LogP contribution is -2.52. The summed E-state index contributed by atoms with van der Waals surface area (Å²) in [6.45, 7) is 5.47. The van der Waals surface area contributed by atoms with Gasteiger partial charge < -0.3 is 20.9 Å². The minimum absolute atomic E-state index is 0.000909. The summed E-state index contributed by atoms with van der Waals surface area (Å²) in [4.78, 5) is 26.5. The van der Waals surface area contributed by atoms with Gasteiger partial charge in [0.25, 0.3) is 0 Å². The molecule has 0 bridgehead atoms. The predicted octanol–water partition coefficient (Wildman–Crippen LogP) is 1.80. The molecule has 2 aliphatic heterocycles. The molecule has 1 aromatic rings. The number of carbonyl (C=O) groups is 2. The van der Waals surface area contributed by atoms with E-state index in [1.54, 1.807) is 6.92 Å². The Morgan fingerprint density at radius 1 is 1.17 bits per heavy atom. The predicted molar refractivity (Wildman–Crippen MR) is 93.8 cm³/mol. The molecule has 1 spiro atoms. The van der Waals surface area contributed by atoms with E-state index in [-0.39, 0.29) is 11.9 Å². The van der Waals surface area contributed by atoms with Crippen LogP contribution in [0.15, 0.2) is 30.3 Å². The molecule has 3 amide bonds. The van der Waals surface area contributed by atoms with Crippen LogP contribution in [0.5, 0.6) is 0 Å². The van der Waals surface area contributed by atoms with Crippen LogP contribution >= 0.6 is 0 Å². The van der Waals surface area contributed by atoms with Gasteiger partial charge in [-0.1, -0.05) is 18.2 Å². The van der Waals surface area contributed by atoms with Crippen LogP contribution in [0.1, 0.15) is 26.2 Å². The maximum absolute atomic E-state index is 12.6. The molecule has 130 valence electrons. The van der Waals surface area contributed by atoms with Crippen molar-refractivity contribution in [1.29, 1.82) is 0 Å². The monoisotopic (exact) mass is 330 g/mol. The van der Waals surface area contributed by atoms with Crippen LogP contribution in [0.3, 0.4) is 0 Å². The summed E-state index contributed by atoms with van der Waals surface area (Å²) >= 11 is 0. The van der Waals surface area contributed by atoms with Crippen LogP contribution in [0, 0.1) is 5.41 Å². The van der Waals surface area contributed by atoms with Crippen LogP contribution < -0.4 is 16.0 Å². The van der Waals surface area contributed by atoms with Crippen LogP contribution in [0.2, 0.25) is 0 Å². The molecular formula is C18H26N4O2. The molecule has 0 aromatic heterocycles. The van der Waals surface area contributed by atoms with Gasteiger partial charge in [-0.3, -0.25) is 4.79 Å². The normalized spacial score (nSPS) is 20.6. The highest BCUT2D eigenvalue weighted by Gasteiger charge is 2.38. The smallest absolute Gasteiger partial charge is 0.319 e. The number of likely N-dealkylation sites (tertiary alicyclic amines) is 1. The second-order valence-corrected chi connectivity index (χ2v) is 6.94. The first-order valence-corrected chi connectivity index (χ1v) is 8.70. The van der Waals surface area contributed by atoms with E-state index < -0.39 is 6.04 Å². The molecule has 2 saturated heterocycles. The van der Waals surface area contributed by atoms with Crippen molar-refractivity contribution < 1.29 is 9.59 Å². The van der Waals surface area contributed by atoms with Gasteiger partial charge in [-0.15, -0.1) is 0 Å². The highest BCUT2D eigenvalue weighted by atomic mass is 16.2. The quantitative estimate of drug-likeness (QED) is 0.791. The fourth-order valence-electron chi connectivity index (χ4n) is 3.64. The Bertz CT molecular complexity index is 574. The fraction of sp³-hybridized carbons (Fsp3) is 0.556. The van der Waals surface area contributed by atoms with Crippen molar-refractivity contribution in [3.05, 3.63) is 30.3 Å². The van der Waals surface area contributed by atoms with E-state index in [0.29, 0.717) is 11.1 Å². The molecule has 0 radical (unpaired) electrons. The first kappa shape index (κ1) is 16.8. The maximum Gasteiger partial charge on any atom is 0.319 e. The van der Waals surface area contributed by atoms with Gasteiger partial charge in [0.15, 0.2) is 0 Å². The number of para-hydroxylation sites is 1. The largest absolute Gasteiger partial charge is 0.341 e. The van der Waals surface area contributed by atoms with E-state index in [2.05, 4.69) is 16.0 Å². The second-order valence-electron chi connectivity index (χ2n) is 6.94. The molecule has 2 heterocycles. The lowest BCUT2D eigenvalue weighted by molar-refractivity contribution is -0.134. The Hall–Kier alpha value is -2.08. The molecule has 1 unspecified atom stereocenters. The van der Waals surface area contributed by atoms with E-state index >= 15 is 0 Å². The van der Waals surface area contributed by atoms with E-state index in [1.165, 1.54) is 6.42 Å². The highest BCUT2D eigenvalue weighted by molar-refractivity contribution is 5.93. The van der Waals surface area contributed by atoms with Crippen LogP contribution in [0.25, 0.3) is 0 Å². The number of benzene rings is 1. The van der Waals surface area contributed by atoms with Gasteiger partial charge in [-0.2, -0.15) is 0 Å². The maximum atomic E-state index is 12.6. The summed E-state index contributed by atoms with van der Waals surface area (Å²) in [7, 11) is 0. The number of anilines is 1. The third kappa shape index (κ3) is 3.87. The summed E-state index contributed by atoms with van der Waals surface area (Å²) < 4.78 is 0. The van der Waals surface area contributed by atoms with E-state index in [9.17, 15) is 9.59 Å². The zero-order valence-electron chi connectivity index (χ0n) is 14.2. The standard InChI is InChI=1S/C18H26N4O2/c1-14(20-17(24)21-15-5-3-2-4-6-15)16(23)22-11-8-18(9-12-22)7-10-19-13-18/h2-6,14,19H,7-13H2,1H3,(H2,20,21,24). The molecule has 1 aromatic carbocycles. The van der Waals surface area contributed by atoms with E-state index in [4.69, 9.17) is 0 Å². The summed E-state index contributed by atoms with van der Waals surface area (Å²) in [5.74, 6) is -0.000909. The summed E-state index contributed by atoms with van der Waals surface area (Å²) in [6.07, 6.45) is 3.31. The van der Waals surface area contributed by atoms with Crippen molar-refractivity contribution in [2.45, 2.75) is 32.2 Å². The third-order valence-electron chi connectivity index (χ3n) is 5.22. The molecule has 3 N–H and O–H groups in total. The van der Waals surface area contributed by atoms with Crippen LogP contribution in [-0.4, -0.2) is 49.1 Å². The molecule has 2 fully saturated rings. The molecule has 24 heavy (non-hydrogen) atoms. The number of hydrogen-bond acceptors (Lipinski definition) is 3. The van der Waals surface area contributed by atoms with Crippen LogP contribution in [-0.2, 0) is 4.79 Å². The number of carbonyl (C=O) groups excluding carboxylic acids is 2. The van der Waals surface area contributed by atoms with Gasteiger partial charge in [0, 0.05) is 25.3 Å². The van der Waals surface area contributed by atoms with Crippen molar-refractivity contribution in [3.8, 4) is 0 Å². The fourth-order valence-corrected chi connectivity index (χ4v) is 3.64. The molecule has 6 nitrogen and oxygen atoms in total. The summed E-state index contributed by atoms with van der Waals surface area (Å²) in [6, 6.07) is 8.34. The molecule has 1 atom stereocenters. The van der Waals surface area contributed by atoms with Gasteiger partial charge in [-0.25, -0.2) is 4.79 Å². The van der Waals surface area contributed by atoms with E-state index in [0.717, 1.165) is 39.0 Å². The highest BCUT2D eigenvalue weighted by Crippen LogP contribution is 2.36. The van der Waals surface area contributed by atoms with Gasteiger partial charge in [0.05, 0.1) is 0 Å². The number of hydrogen-bond donors (Lipinski definition) is 3. The van der Waals surface area contributed by atoms with Crippen molar-refractivity contribution in [2.75, 3.05) is 31.5 Å². The van der Waals surface area contributed by atoms with E-state index in [1.807, 2.05) is 35.2 Å².